The summed E-state index contributed by atoms with van der Waals surface area (Å²) in [6, 6.07) is 0. The highest BCUT2D eigenvalue weighted by Gasteiger charge is 2.47. The van der Waals surface area contributed by atoms with Crippen LogP contribution in [-0.2, 0) is 23.7 Å². The maximum atomic E-state index is 10.9. The van der Waals surface area contributed by atoms with Crippen LogP contribution in [0.4, 0.5) is 0 Å². The molecule has 6 unspecified atom stereocenters. The van der Waals surface area contributed by atoms with Crippen LogP contribution in [0.2, 0.25) is 0 Å². The van der Waals surface area contributed by atoms with Crippen LogP contribution in [0.5, 0.6) is 0 Å². The third-order valence-corrected chi connectivity index (χ3v) is 4.23. The van der Waals surface area contributed by atoms with Gasteiger partial charge in [0.05, 0.1) is 6.61 Å². The highest BCUT2D eigenvalue weighted by molar-refractivity contribution is 5.65. The fourth-order valence-corrected chi connectivity index (χ4v) is 2.65. The molecule has 2 rings (SSSR count). The molecule has 10 atom stereocenters. The summed E-state index contributed by atoms with van der Waals surface area (Å²) in [5.41, 5.74) is 0. The molecule has 26 heavy (non-hydrogen) atoms. The van der Waals surface area contributed by atoms with Gasteiger partial charge in [-0.25, -0.2) is 0 Å². The fraction of sp³-hybridized carbons (Fsp3) is 0.929. The first-order valence-electron chi connectivity index (χ1n) is 7.95. The lowest BCUT2D eigenvalue weighted by Crippen LogP contribution is -2.61. The van der Waals surface area contributed by atoms with E-state index in [1.807, 2.05) is 0 Å². The predicted octanol–water partition coefficient (Wildman–Crippen LogP) is -4.83. The van der Waals surface area contributed by atoms with Gasteiger partial charge in [0.1, 0.15) is 55.4 Å². The molecule has 2 aliphatic rings. The summed E-state index contributed by atoms with van der Waals surface area (Å²) in [5.74, 6) is -0.640. The third-order valence-electron chi connectivity index (χ3n) is 4.23. The molecule has 7 N–H and O–H groups in total. The van der Waals surface area contributed by atoms with Crippen LogP contribution < -0.4 is 0 Å². The zero-order valence-electron chi connectivity index (χ0n) is 13.9. The molecule has 0 aromatic rings. The largest absolute Gasteiger partial charge is 0.463 e. The minimum absolute atomic E-state index is 0.397. The van der Waals surface area contributed by atoms with E-state index >= 15 is 0 Å². The van der Waals surface area contributed by atoms with Crippen molar-refractivity contribution in [1.29, 1.82) is 0 Å². The molecule has 0 amide bonds. The molecule has 0 aromatic carbocycles. The van der Waals surface area contributed by atoms with Gasteiger partial charge in [-0.1, -0.05) is 0 Å². The van der Waals surface area contributed by atoms with E-state index in [0.717, 1.165) is 6.92 Å². The zero-order chi connectivity index (χ0) is 19.6. The zero-order valence-corrected chi connectivity index (χ0v) is 13.9. The lowest BCUT2D eigenvalue weighted by molar-refractivity contribution is -0.326. The molecule has 2 heterocycles. The highest BCUT2D eigenvalue weighted by Crippen LogP contribution is 2.25. The lowest BCUT2D eigenvalue weighted by atomic mass is 9.98. The number of carbonyl (C=O) groups excluding carboxylic acids is 1. The second-order valence-electron chi connectivity index (χ2n) is 6.19. The summed E-state index contributed by atoms with van der Waals surface area (Å²) in [6.45, 7) is 0.250. The van der Waals surface area contributed by atoms with Crippen LogP contribution in [0.1, 0.15) is 6.92 Å². The summed E-state index contributed by atoms with van der Waals surface area (Å²) in [7, 11) is 0. The topological polar surface area (TPSA) is 196 Å². The lowest BCUT2D eigenvalue weighted by Gasteiger charge is -2.42. The number of esters is 1. The Kier molecular flexibility index (Phi) is 7.27. The van der Waals surface area contributed by atoms with E-state index in [1.165, 1.54) is 0 Å². The number of aliphatic hydroxyl groups excluding tert-OH is 7. The van der Waals surface area contributed by atoms with Crippen LogP contribution in [0.3, 0.4) is 0 Å². The van der Waals surface area contributed by atoms with Crippen molar-refractivity contribution in [3.8, 4) is 0 Å². The first-order valence-corrected chi connectivity index (χ1v) is 7.95. The molecule has 2 fully saturated rings. The second kappa shape index (κ2) is 8.84. The van der Waals surface area contributed by atoms with Crippen LogP contribution in [0.15, 0.2) is 0 Å². The molecule has 0 radical (unpaired) electrons. The highest BCUT2D eigenvalue weighted by atomic mass is 16.7. The Balaban J connectivity index is 1.95. The molecular formula is C14H24O12. The van der Waals surface area contributed by atoms with Crippen LogP contribution in [0, 0.1) is 0 Å². The molecule has 12 heteroatoms. The number of hydrogen-bond donors (Lipinski definition) is 7. The fourth-order valence-electron chi connectivity index (χ4n) is 2.65. The Morgan fingerprint density at radius 3 is 1.88 bits per heavy atom. The quantitative estimate of drug-likeness (QED) is 0.224. The van der Waals surface area contributed by atoms with Crippen molar-refractivity contribution in [2.45, 2.75) is 68.3 Å². The van der Waals surface area contributed by atoms with Gasteiger partial charge in [-0.2, -0.15) is 0 Å². The molecule has 2 saturated heterocycles. The summed E-state index contributed by atoms with van der Waals surface area (Å²) < 4.78 is 20.1. The van der Waals surface area contributed by atoms with Gasteiger partial charge in [-0.3, -0.25) is 4.79 Å². The average Bonchev–Trinajstić information content (AvgIpc) is 2.60. The minimum atomic E-state index is -1.76. The van der Waals surface area contributed by atoms with Crippen molar-refractivity contribution < 1.29 is 59.5 Å². The molecule has 0 aromatic heterocycles. The maximum Gasteiger partial charge on any atom is 0.302 e. The van der Waals surface area contributed by atoms with Crippen molar-refractivity contribution in [3.63, 3.8) is 0 Å². The number of aliphatic hydroxyl groups is 7. The number of hydrogen-bond acceptors (Lipinski definition) is 12. The Hall–Kier alpha value is -0.930. The van der Waals surface area contributed by atoms with Gasteiger partial charge in [0.15, 0.2) is 12.6 Å². The van der Waals surface area contributed by atoms with Gasteiger partial charge in [0, 0.05) is 6.92 Å². The van der Waals surface area contributed by atoms with Crippen molar-refractivity contribution in [1.82, 2.24) is 0 Å². The van der Waals surface area contributed by atoms with E-state index in [0.29, 0.717) is 0 Å². The number of carbonyl (C=O) groups is 1. The van der Waals surface area contributed by atoms with E-state index in [1.54, 1.807) is 0 Å². The van der Waals surface area contributed by atoms with Gasteiger partial charge in [0.2, 0.25) is 0 Å². The van der Waals surface area contributed by atoms with E-state index in [2.05, 4.69) is 0 Å². The van der Waals surface area contributed by atoms with Gasteiger partial charge in [-0.15, -0.1) is 0 Å². The number of rotatable bonds is 5. The maximum absolute atomic E-state index is 10.9. The van der Waals surface area contributed by atoms with Crippen LogP contribution in [-0.4, -0.2) is 116 Å². The molecular weight excluding hydrogens is 360 g/mol. The van der Waals surface area contributed by atoms with Crippen LogP contribution in [0.25, 0.3) is 0 Å². The van der Waals surface area contributed by atoms with Gasteiger partial charge < -0.3 is 54.7 Å². The second-order valence-corrected chi connectivity index (χ2v) is 6.19. The summed E-state index contributed by atoms with van der Waals surface area (Å²) in [4.78, 5) is 10.9. The van der Waals surface area contributed by atoms with Crippen molar-refractivity contribution >= 4 is 5.97 Å². The van der Waals surface area contributed by atoms with E-state index in [4.69, 9.17) is 18.9 Å². The summed E-state index contributed by atoms with van der Waals surface area (Å²) in [5, 5.41) is 68.0. The number of ether oxygens (including phenoxy) is 4. The molecule has 0 spiro atoms. The summed E-state index contributed by atoms with van der Waals surface area (Å²) in [6.07, 6.45) is -15.6. The normalized spacial score (nSPS) is 46.8. The predicted molar refractivity (Wildman–Crippen MR) is 78.2 cm³/mol. The monoisotopic (exact) mass is 384 g/mol. The smallest absolute Gasteiger partial charge is 0.302 e. The Morgan fingerprint density at radius 1 is 0.769 bits per heavy atom. The molecule has 2 aliphatic heterocycles. The van der Waals surface area contributed by atoms with Crippen LogP contribution >= 0.6 is 0 Å². The molecule has 0 aliphatic carbocycles. The molecule has 152 valence electrons. The third kappa shape index (κ3) is 4.67. The first kappa shape index (κ1) is 21.4. The average molecular weight is 384 g/mol. The van der Waals surface area contributed by atoms with Gasteiger partial charge in [-0.05, 0) is 0 Å². The SMILES string of the molecule is CC(=O)OCC1O[C@H](OCC2OC(O)C(O)C(O)[C@@H]2O)C(O)[C@@H](O)[C@H]1O. The Labute approximate surface area is 148 Å². The summed E-state index contributed by atoms with van der Waals surface area (Å²) >= 11 is 0. The van der Waals surface area contributed by atoms with Crippen molar-refractivity contribution in [3.05, 3.63) is 0 Å². The van der Waals surface area contributed by atoms with Crippen molar-refractivity contribution in [2.75, 3.05) is 13.2 Å². The molecule has 0 saturated carbocycles. The molecule has 12 nitrogen and oxygen atoms in total. The Bertz CT molecular complexity index is 475. The van der Waals surface area contributed by atoms with Crippen molar-refractivity contribution in [2.24, 2.45) is 0 Å². The van der Waals surface area contributed by atoms with E-state index in [-0.39, 0.29) is 0 Å². The minimum Gasteiger partial charge on any atom is -0.463 e. The Morgan fingerprint density at radius 2 is 1.31 bits per heavy atom. The van der Waals surface area contributed by atoms with Gasteiger partial charge >= 0.3 is 5.97 Å². The van der Waals surface area contributed by atoms with E-state index < -0.39 is 80.6 Å². The standard InChI is InChI=1S/C14H24O12/c1-4(15)23-2-6-8(17)10(19)12(21)14(26-6)24-3-5-7(16)9(18)11(20)13(22)25-5/h5-14,16-22H,2-3H2,1H3/t5?,6?,7-,8+,9?,10+,11?,12?,13?,14+/m1/s1. The molecule has 0 bridgehead atoms. The van der Waals surface area contributed by atoms with Gasteiger partial charge in [0.25, 0.3) is 0 Å². The first-order chi connectivity index (χ1) is 12.1. The van der Waals surface area contributed by atoms with E-state index in [9.17, 15) is 40.5 Å².